The van der Waals surface area contributed by atoms with Crippen LogP contribution in [0.3, 0.4) is 0 Å². The van der Waals surface area contributed by atoms with Crippen molar-refractivity contribution in [1.29, 1.82) is 0 Å². The number of aromatic nitrogens is 2. The molecule has 1 aromatic heterocycles. The third-order valence-electron chi connectivity index (χ3n) is 4.79. The molecule has 7 nitrogen and oxygen atoms in total. The van der Waals surface area contributed by atoms with Crippen LogP contribution in [0.15, 0.2) is 58.7 Å². The van der Waals surface area contributed by atoms with Gasteiger partial charge in [-0.25, -0.2) is 9.97 Å². The van der Waals surface area contributed by atoms with E-state index in [1.54, 1.807) is 12.4 Å². The van der Waals surface area contributed by atoms with Gasteiger partial charge in [0.15, 0.2) is 5.96 Å². The van der Waals surface area contributed by atoms with E-state index in [1.807, 2.05) is 30.9 Å². The number of piperazine rings is 1. The standard InChI is InChI=1S/C21H31N7S/c1-18(29-19-7-4-3-5-8-19)17-26-20(22-2)23-11-12-27-13-15-28(16-14-27)21-24-9-6-10-25-21/h3-10,18H,11-17H2,1-2H3,(H2,22,23,26). The van der Waals surface area contributed by atoms with Crippen LogP contribution in [0.4, 0.5) is 5.95 Å². The average molecular weight is 414 g/mol. The van der Waals surface area contributed by atoms with Gasteiger partial charge in [-0.05, 0) is 18.2 Å². The van der Waals surface area contributed by atoms with E-state index in [9.17, 15) is 0 Å². The summed E-state index contributed by atoms with van der Waals surface area (Å²) in [4.78, 5) is 19.0. The quantitative estimate of drug-likeness (QED) is 0.389. The van der Waals surface area contributed by atoms with Gasteiger partial charge in [0, 0.05) is 75.4 Å². The monoisotopic (exact) mass is 413 g/mol. The molecule has 0 bridgehead atoms. The molecule has 29 heavy (non-hydrogen) atoms. The van der Waals surface area contributed by atoms with E-state index in [-0.39, 0.29) is 0 Å². The smallest absolute Gasteiger partial charge is 0.225 e. The Labute approximate surface area is 178 Å². The van der Waals surface area contributed by atoms with Gasteiger partial charge in [0.1, 0.15) is 0 Å². The SMILES string of the molecule is CN=C(NCCN1CCN(c2ncccn2)CC1)NCC(C)Sc1ccccc1. The topological polar surface area (TPSA) is 68.7 Å². The summed E-state index contributed by atoms with van der Waals surface area (Å²) < 4.78 is 0. The highest BCUT2D eigenvalue weighted by Gasteiger charge is 2.18. The fraction of sp³-hybridized carbons (Fsp3) is 0.476. The second-order valence-corrected chi connectivity index (χ2v) is 8.51. The van der Waals surface area contributed by atoms with Crippen LogP contribution >= 0.6 is 11.8 Å². The van der Waals surface area contributed by atoms with Crippen LogP contribution in [-0.4, -0.2) is 78.9 Å². The van der Waals surface area contributed by atoms with Crippen LogP contribution in [0.2, 0.25) is 0 Å². The van der Waals surface area contributed by atoms with E-state index in [4.69, 9.17) is 0 Å². The number of nitrogens with one attached hydrogen (secondary N) is 2. The lowest BCUT2D eigenvalue weighted by Gasteiger charge is -2.34. The molecule has 1 atom stereocenters. The molecule has 0 saturated carbocycles. The summed E-state index contributed by atoms with van der Waals surface area (Å²) in [6.45, 7) is 8.95. The molecule has 1 saturated heterocycles. The maximum Gasteiger partial charge on any atom is 0.225 e. The van der Waals surface area contributed by atoms with Gasteiger partial charge in [-0.3, -0.25) is 9.89 Å². The molecule has 1 aromatic carbocycles. The Kier molecular flexibility index (Phi) is 8.58. The summed E-state index contributed by atoms with van der Waals surface area (Å²) in [7, 11) is 1.82. The van der Waals surface area contributed by atoms with Gasteiger partial charge < -0.3 is 15.5 Å². The highest BCUT2D eigenvalue weighted by Crippen LogP contribution is 2.21. The van der Waals surface area contributed by atoms with Crippen molar-refractivity contribution in [3.05, 3.63) is 48.8 Å². The molecule has 156 valence electrons. The Bertz CT molecular complexity index is 733. The van der Waals surface area contributed by atoms with Gasteiger partial charge in [-0.1, -0.05) is 25.1 Å². The number of anilines is 1. The van der Waals surface area contributed by atoms with E-state index < -0.39 is 0 Å². The molecule has 0 spiro atoms. The summed E-state index contributed by atoms with van der Waals surface area (Å²) in [5.74, 6) is 1.69. The Balaban J connectivity index is 1.31. The third-order valence-corrected chi connectivity index (χ3v) is 5.90. The minimum atomic E-state index is 0.462. The molecule has 3 rings (SSSR count). The zero-order valence-corrected chi connectivity index (χ0v) is 18.1. The summed E-state index contributed by atoms with van der Waals surface area (Å²) in [6, 6.07) is 12.4. The van der Waals surface area contributed by atoms with E-state index in [2.05, 4.69) is 66.6 Å². The first-order valence-electron chi connectivity index (χ1n) is 10.1. The summed E-state index contributed by atoms with van der Waals surface area (Å²) >= 11 is 1.87. The maximum absolute atomic E-state index is 4.34. The van der Waals surface area contributed by atoms with Crippen molar-refractivity contribution < 1.29 is 0 Å². The molecule has 1 fully saturated rings. The number of rotatable bonds is 8. The van der Waals surface area contributed by atoms with Crippen molar-refractivity contribution in [3.63, 3.8) is 0 Å². The van der Waals surface area contributed by atoms with E-state index >= 15 is 0 Å². The first-order valence-corrected chi connectivity index (χ1v) is 11.0. The van der Waals surface area contributed by atoms with Crippen molar-refractivity contribution in [1.82, 2.24) is 25.5 Å². The van der Waals surface area contributed by atoms with Crippen molar-refractivity contribution in [2.75, 3.05) is 57.8 Å². The van der Waals surface area contributed by atoms with Crippen LogP contribution in [0.1, 0.15) is 6.92 Å². The van der Waals surface area contributed by atoms with E-state index in [0.717, 1.165) is 57.7 Å². The number of thioether (sulfide) groups is 1. The molecule has 1 aliphatic rings. The lowest BCUT2D eigenvalue weighted by Crippen LogP contribution is -2.50. The second-order valence-electron chi connectivity index (χ2n) is 7.00. The zero-order chi connectivity index (χ0) is 20.3. The Morgan fingerprint density at radius 2 is 1.79 bits per heavy atom. The van der Waals surface area contributed by atoms with Gasteiger partial charge in [-0.2, -0.15) is 0 Å². The lowest BCUT2D eigenvalue weighted by atomic mass is 10.3. The van der Waals surface area contributed by atoms with Gasteiger partial charge in [-0.15, -0.1) is 11.8 Å². The highest BCUT2D eigenvalue weighted by atomic mass is 32.2. The average Bonchev–Trinajstić information content (AvgIpc) is 2.78. The molecule has 2 aromatic rings. The van der Waals surface area contributed by atoms with Crippen molar-refractivity contribution in [3.8, 4) is 0 Å². The second kappa shape index (κ2) is 11.6. The fourth-order valence-corrected chi connectivity index (χ4v) is 4.14. The first kappa shape index (κ1) is 21.4. The Hall–Kier alpha value is -2.32. The number of nitrogens with zero attached hydrogens (tertiary/aromatic N) is 5. The van der Waals surface area contributed by atoms with Crippen molar-refractivity contribution in [2.45, 2.75) is 17.1 Å². The Morgan fingerprint density at radius 1 is 1.07 bits per heavy atom. The van der Waals surface area contributed by atoms with Crippen molar-refractivity contribution >= 4 is 23.7 Å². The first-order chi connectivity index (χ1) is 14.2. The van der Waals surface area contributed by atoms with Crippen LogP contribution in [0, 0.1) is 0 Å². The Morgan fingerprint density at radius 3 is 2.48 bits per heavy atom. The van der Waals surface area contributed by atoms with Gasteiger partial charge in [0.25, 0.3) is 0 Å². The van der Waals surface area contributed by atoms with Crippen LogP contribution in [0.5, 0.6) is 0 Å². The molecule has 0 amide bonds. The molecule has 1 aliphatic heterocycles. The lowest BCUT2D eigenvalue weighted by molar-refractivity contribution is 0.260. The molecule has 0 radical (unpaired) electrons. The fourth-order valence-electron chi connectivity index (χ4n) is 3.19. The molecule has 0 aliphatic carbocycles. The summed E-state index contributed by atoms with van der Waals surface area (Å²) in [5, 5.41) is 7.32. The molecule has 2 N–H and O–H groups in total. The number of guanidine groups is 1. The van der Waals surface area contributed by atoms with Crippen LogP contribution < -0.4 is 15.5 Å². The summed E-state index contributed by atoms with van der Waals surface area (Å²) in [5.41, 5.74) is 0. The minimum Gasteiger partial charge on any atom is -0.355 e. The van der Waals surface area contributed by atoms with Crippen molar-refractivity contribution in [2.24, 2.45) is 4.99 Å². The summed E-state index contributed by atoms with van der Waals surface area (Å²) in [6.07, 6.45) is 3.60. The van der Waals surface area contributed by atoms with Gasteiger partial charge >= 0.3 is 0 Å². The number of hydrogen-bond donors (Lipinski definition) is 2. The zero-order valence-electron chi connectivity index (χ0n) is 17.3. The van der Waals surface area contributed by atoms with Crippen LogP contribution in [0.25, 0.3) is 0 Å². The molecule has 1 unspecified atom stereocenters. The third kappa shape index (κ3) is 7.21. The molecular formula is C21H31N7S. The largest absolute Gasteiger partial charge is 0.355 e. The van der Waals surface area contributed by atoms with Gasteiger partial charge in [0.2, 0.25) is 5.95 Å². The van der Waals surface area contributed by atoms with Crippen LogP contribution in [-0.2, 0) is 0 Å². The highest BCUT2D eigenvalue weighted by molar-refractivity contribution is 8.00. The molecule has 2 heterocycles. The predicted octanol–water partition coefficient (Wildman–Crippen LogP) is 1.94. The van der Waals surface area contributed by atoms with Gasteiger partial charge in [0.05, 0.1) is 0 Å². The minimum absolute atomic E-state index is 0.462. The molecule has 8 heteroatoms. The van der Waals surface area contributed by atoms with E-state index in [0.29, 0.717) is 5.25 Å². The number of hydrogen-bond acceptors (Lipinski definition) is 6. The predicted molar refractivity (Wildman–Crippen MR) is 122 cm³/mol. The van der Waals surface area contributed by atoms with E-state index in [1.165, 1.54) is 4.90 Å². The normalized spacial score (nSPS) is 16.5. The number of aliphatic imine (C=N–C) groups is 1. The maximum atomic E-state index is 4.34. The number of benzene rings is 1. The molecular weight excluding hydrogens is 382 g/mol.